The molecule has 0 aliphatic carbocycles. The number of amides is 2. The molecular formula is C23H27Cl3N2O2. The summed E-state index contributed by atoms with van der Waals surface area (Å²) in [5.41, 5.74) is 1.45. The smallest absolute Gasteiger partial charge is 0.242 e. The Balaban J connectivity index is 2.30. The zero-order valence-electron chi connectivity index (χ0n) is 17.3. The lowest BCUT2D eigenvalue weighted by Crippen LogP contribution is -2.49. The highest BCUT2D eigenvalue weighted by Gasteiger charge is 2.29. The van der Waals surface area contributed by atoms with E-state index in [2.05, 4.69) is 12.2 Å². The van der Waals surface area contributed by atoms with Crippen molar-refractivity contribution in [2.24, 2.45) is 0 Å². The third kappa shape index (κ3) is 6.90. The molecule has 0 saturated carbocycles. The second-order valence-electron chi connectivity index (χ2n) is 7.09. The number of unbranched alkanes of at least 4 members (excludes halogenated alkanes) is 1. The molecule has 0 saturated heterocycles. The maximum Gasteiger partial charge on any atom is 0.242 e. The number of nitrogens with one attached hydrogen (secondary N) is 1. The van der Waals surface area contributed by atoms with Crippen molar-refractivity contribution in [3.8, 4) is 0 Å². The molecule has 1 N–H and O–H groups in total. The second kappa shape index (κ2) is 12.2. The van der Waals surface area contributed by atoms with E-state index < -0.39 is 6.04 Å². The van der Waals surface area contributed by atoms with Gasteiger partial charge in [-0.3, -0.25) is 9.59 Å². The third-order valence-electron chi connectivity index (χ3n) is 4.87. The summed E-state index contributed by atoms with van der Waals surface area (Å²) in [5.74, 6) is -0.343. The molecule has 0 unspecified atom stereocenters. The van der Waals surface area contributed by atoms with Gasteiger partial charge in [0.15, 0.2) is 0 Å². The number of carbonyl (C=O) groups excluding carboxylic acids is 2. The maximum absolute atomic E-state index is 13.3. The first kappa shape index (κ1) is 24.5. The highest BCUT2D eigenvalue weighted by atomic mass is 35.5. The van der Waals surface area contributed by atoms with Gasteiger partial charge in [-0.1, -0.05) is 73.3 Å². The fraction of sp³-hybridized carbons (Fsp3) is 0.391. The molecule has 1 atom stereocenters. The van der Waals surface area contributed by atoms with Gasteiger partial charge in [0, 0.05) is 33.7 Å². The van der Waals surface area contributed by atoms with Gasteiger partial charge in [0.25, 0.3) is 0 Å². The number of hydrogen-bond acceptors (Lipinski definition) is 2. The van der Waals surface area contributed by atoms with Crippen LogP contribution in [-0.4, -0.2) is 29.3 Å². The van der Waals surface area contributed by atoms with Gasteiger partial charge in [0.05, 0.1) is 6.42 Å². The Kier molecular flexibility index (Phi) is 9.96. The van der Waals surface area contributed by atoms with E-state index in [0.29, 0.717) is 33.6 Å². The average Bonchev–Trinajstić information content (AvgIpc) is 2.71. The van der Waals surface area contributed by atoms with E-state index in [1.165, 1.54) is 0 Å². The van der Waals surface area contributed by atoms with Crippen molar-refractivity contribution in [3.05, 3.63) is 68.7 Å². The van der Waals surface area contributed by atoms with Crippen molar-refractivity contribution in [1.29, 1.82) is 0 Å². The minimum absolute atomic E-state index is 0.151. The summed E-state index contributed by atoms with van der Waals surface area (Å²) in [5, 5.41) is 4.48. The van der Waals surface area contributed by atoms with Crippen LogP contribution in [-0.2, 0) is 22.6 Å². The van der Waals surface area contributed by atoms with Crippen LogP contribution < -0.4 is 5.32 Å². The van der Waals surface area contributed by atoms with E-state index in [9.17, 15) is 9.59 Å². The van der Waals surface area contributed by atoms with Gasteiger partial charge in [0.1, 0.15) is 6.04 Å². The topological polar surface area (TPSA) is 49.4 Å². The van der Waals surface area contributed by atoms with E-state index in [-0.39, 0.29) is 24.8 Å². The molecule has 2 aromatic rings. The van der Waals surface area contributed by atoms with Gasteiger partial charge in [-0.2, -0.15) is 0 Å². The molecule has 0 aromatic heterocycles. The normalized spacial score (nSPS) is 11.8. The summed E-state index contributed by atoms with van der Waals surface area (Å²) in [6.07, 6.45) is 2.49. The SMILES string of the molecule is CCCCNC(=O)[C@H](CC)N(Cc1c(Cl)cccc1Cl)C(=O)Cc1ccc(Cl)cc1. The lowest BCUT2D eigenvalue weighted by Gasteiger charge is -2.31. The Hall–Kier alpha value is -1.75. The van der Waals surface area contributed by atoms with Gasteiger partial charge in [0.2, 0.25) is 11.8 Å². The van der Waals surface area contributed by atoms with Crippen molar-refractivity contribution < 1.29 is 9.59 Å². The fourth-order valence-electron chi connectivity index (χ4n) is 3.16. The average molecular weight is 470 g/mol. The molecule has 0 heterocycles. The predicted octanol–water partition coefficient (Wildman–Crippen LogP) is 5.91. The zero-order chi connectivity index (χ0) is 22.1. The number of benzene rings is 2. The summed E-state index contributed by atoms with van der Waals surface area (Å²) >= 11 is 18.6. The van der Waals surface area contributed by atoms with Crippen molar-refractivity contribution in [1.82, 2.24) is 10.2 Å². The highest BCUT2D eigenvalue weighted by Crippen LogP contribution is 2.27. The van der Waals surface area contributed by atoms with Crippen molar-refractivity contribution in [2.75, 3.05) is 6.54 Å². The summed E-state index contributed by atoms with van der Waals surface area (Å²) in [6, 6.07) is 11.7. The van der Waals surface area contributed by atoms with Crippen LogP contribution in [0.1, 0.15) is 44.2 Å². The van der Waals surface area contributed by atoms with Crippen molar-refractivity contribution >= 4 is 46.6 Å². The van der Waals surface area contributed by atoms with Crippen LogP contribution in [0.3, 0.4) is 0 Å². The molecule has 0 radical (unpaired) electrons. The molecule has 0 fully saturated rings. The number of hydrogen-bond donors (Lipinski definition) is 1. The first-order chi connectivity index (χ1) is 14.4. The molecule has 2 aromatic carbocycles. The lowest BCUT2D eigenvalue weighted by atomic mass is 10.1. The van der Waals surface area contributed by atoms with Crippen molar-refractivity contribution in [3.63, 3.8) is 0 Å². The molecule has 162 valence electrons. The number of halogens is 3. The summed E-state index contributed by atoms with van der Waals surface area (Å²) in [6.45, 7) is 4.69. The molecule has 30 heavy (non-hydrogen) atoms. The van der Waals surface area contributed by atoms with E-state index in [1.54, 1.807) is 35.2 Å². The molecule has 2 rings (SSSR count). The molecule has 0 aliphatic rings. The van der Waals surface area contributed by atoms with Gasteiger partial charge in [-0.15, -0.1) is 0 Å². The van der Waals surface area contributed by atoms with Crippen LogP contribution in [0.15, 0.2) is 42.5 Å². The quantitative estimate of drug-likeness (QED) is 0.440. The molecule has 2 amide bonds. The number of rotatable bonds is 10. The van der Waals surface area contributed by atoms with Crippen LogP contribution in [0, 0.1) is 0 Å². The molecule has 0 bridgehead atoms. The van der Waals surface area contributed by atoms with Crippen LogP contribution >= 0.6 is 34.8 Å². The summed E-state index contributed by atoms with van der Waals surface area (Å²) in [7, 11) is 0. The fourth-order valence-corrected chi connectivity index (χ4v) is 3.80. The third-order valence-corrected chi connectivity index (χ3v) is 5.83. The Morgan fingerprint density at radius 3 is 2.20 bits per heavy atom. The van der Waals surface area contributed by atoms with Gasteiger partial charge >= 0.3 is 0 Å². The van der Waals surface area contributed by atoms with Gasteiger partial charge in [-0.25, -0.2) is 0 Å². The molecule has 7 heteroatoms. The Morgan fingerprint density at radius 1 is 1.00 bits per heavy atom. The predicted molar refractivity (Wildman–Crippen MR) is 124 cm³/mol. The first-order valence-electron chi connectivity index (χ1n) is 10.1. The maximum atomic E-state index is 13.3. The van der Waals surface area contributed by atoms with E-state index in [4.69, 9.17) is 34.8 Å². The van der Waals surface area contributed by atoms with Gasteiger partial charge in [-0.05, 0) is 42.7 Å². The minimum atomic E-state index is -0.617. The Morgan fingerprint density at radius 2 is 1.63 bits per heavy atom. The standard InChI is InChI=1S/C23H27Cl3N2O2/c1-3-5-13-27-23(30)21(4-2)28(15-18-19(25)7-6-8-20(18)26)22(29)14-16-9-11-17(24)12-10-16/h6-12,21H,3-5,13-15H2,1-2H3,(H,27,30)/t21-/m0/s1. The molecule has 0 aliphatic heterocycles. The van der Waals surface area contributed by atoms with Gasteiger partial charge < -0.3 is 10.2 Å². The van der Waals surface area contributed by atoms with Crippen molar-refractivity contribution in [2.45, 2.75) is 52.1 Å². The Labute approximate surface area is 193 Å². The first-order valence-corrected chi connectivity index (χ1v) is 11.2. The molecule has 0 spiro atoms. The van der Waals surface area contributed by atoms with Crippen LogP contribution in [0.4, 0.5) is 0 Å². The summed E-state index contributed by atoms with van der Waals surface area (Å²) in [4.78, 5) is 27.7. The zero-order valence-corrected chi connectivity index (χ0v) is 19.5. The second-order valence-corrected chi connectivity index (χ2v) is 8.34. The number of carbonyl (C=O) groups is 2. The summed E-state index contributed by atoms with van der Waals surface area (Å²) < 4.78 is 0. The molecular weight excluding hydrogens is 443 g/mol. The number of nitrogens with zero attached hydrogens (tertiary/aromatic N) is 1. The van der Waals surface area contributed by atoms with Crippen LogP contribution in [0.25, 0.3) is 0 Å². The highest BCUT2D eigenvalue weighted by molar-refractivity contribution is 6.36. The Bertz CT molecular complexity index is 836. The monoisotopic (exact) mass is 468 g/mol. The van der Waals surface area contributed by atoms with E-state index in [0.717, 1.165) is 18.4 Å². The minimum Gasteiger partial charge on any atom is -0.354 e. The lowest BCUT2D eigenvalue weighted by molar-refractivity contribution is -0.140. The van der Waals surface area contributed by atoms with E-state index in [1.807, 2.05) is 19.1 Å². The van der Waals surface area contributed by atoms with Crippen LogP contribution in [0.2, 0.25) is 15.1 Å². The molecule has 4 nitrogen and oxygen atoms in total. The largest absolute Gasteiger partial charge is 0.354 e. The van der Waals surface area contributed by atoms with Crippen LogP contribution in [0.5, 0.6) is 0 Å². The van der Waals surface area contributed by atoms with E-state index >= 15 is 0 Å².